The zero-order valence-electron chi connectivity index (χ0n) is 10.7. The SMILES string of the molecule is CSc1nnc(N)n1C1C2CC3CC(C2)CC1C3. The molecule has 5 rings (SSSR count). The molecule has 1 aromatic rings. The van der Waals surface area contributed by atoms with Crippen LogP contribution in [0.15, 0.2) is 5.16 Å². The van der Waals surface area contributed by atoms with Gasteiger partial charge in [0.05, 0.1) is 0 Å². The third-order valence-electron chi connectivity index (χ3n) is 5.35. The lowest BCUT2D eigenvalue weighted by atomic mass is 9.54. The first-order valence-electron chi connectivity index (χ1n) is 7.00. The number of aromatic nitrogens is 3. The number of nitrogen functional groups attached to an aromatic ring is 1. The van der Waals surface area contributed by atoms with E-state index in [-0.39, 0.29) is 0 Å². The molecular weight excluding hydrogens is 244 g/mol. The van der Waals surface area contributed by atoms with Gasteiger partial charge in [-0.15, -0.1) is 10.2 Å². The third-order valence-corrected chi connectivity index (χ3v) is 5.99. The van der Waals surface area contributed by atoms with Gasteiger partial charge in [0.1, 0.15) is 0 Å². The maximum absolute atomic E-state index is 6.07. The first kappa shape index (κ1) is 11.1. The molecule has 1 aromatic heterocycles. The molecule has 5 heteroatoms. The predicted molar refractivity (Wildman–Crippen MR) is 72.3 cm³/mol. The van der Waals surface area contributed by atoms with Crippen LogP contribution in [0.5, 0.6) is 0 Å². The van der Waals surface area contributed by atoms with E-state index in [9.17, 15) is 0 Å². The lowest BCUT2D eigenvalue weighted by molar-refractivity contribution is -0.0313. The van der Waals surface area contributed by atoms with Crippen LogP contribution in [0, 0.1) is 23.7 Å². The molecule has 0 amide bonds. The number of thioether (sulfide) groups is 1. The van der Waals surface area contributed by atoms with Crippen LogP contribution >= 0.6 is 11.8 Å². The molecule has 0 unspecified atom stereocenters. The molecule has 0 aromatic carbocycles. The summed E-state index contributed by atoms with van der Waals surface area (Å²) in [4.78, 5) is 0. The second-order valence-electron chi connectivity index (χ2n) is 6.34. The van der Waals surface area contributed by atoms with E-state index < -0.39 is 0 Å². The molecule has 4 saturated carbocycles. The van der Waals surface area contributed by atoms with E-state index >= 15 is 0 Å². The van der Waals surface area contributed by atoms with Gasteiger partial charge in [-0.1, -0.05) is 11.8 Å². The fourth-order valence-electron chi connectivity index (χ4n) is 5.03. The van der Waals surface area contributed by atoms with E-state index in [0.29, 0.717) is 12.0 Å². The van der Waals surface area contributed by atoms with Gasteiger partial charge in [0.2, 0.25) is 5.95 Å². The van der Waals surface area contributed by atoms with Crippen LogP contribution in [0.25, 0.3) is 0 Å². The molecule has 0 radical (unpaired) electrons. The summed E-state index contributed by atoms with van der Waals surface area (Å²) in [6.07, 6.45) is 9.18. The van der Waals surface area contributed by atoms with Crippen molar-refractivity contribution in [2.45, 2.75) is 43.3 Å². The lowest BCUT2D eigenvalue weighted by Gasteiger charge is -2.54. The average molecular weight is 264 g/mol. The molecular formula is C13H20N4S. The third kappa shape index (κ3) is 1.46. The predicted octanol–water partition coefficient (Wildman–Crippen LogP) is 2.58. The quantitative estimate of drug-likeness (QED) is 0.834. The van der Waals surface area contributed by atoms with E-state index in [1.165, 1.54) is 32.1 Å². The standard InChI is InChI=1S/C13H20N4S/c1-18-13-16-15-12(14)17(13)11-9-3-7-2-8(5-9)6-10(11)4-7/h7-11H,2-6H2,1H3,(H2,14,15). The first-order chi connectivity index (χ1) is 8.76. The molecule has 4 bridgehead atoms. The van der Waals surface area contributed by atoms with Gasteiger partial charge in [-0.25, -0.2) is 0 Å². The summed E-state index contributed by atoms with van der Waals surface area (Å²) in [6, 6.07) is 0.579. The van der Waals surface area contributed by atoms with Crippen molar-refractivity contribution in [1.29, 1.82) is 0 Å². The normalized spacial score (nSPS) is 41.5. The van der Waals surface area contributed by atoms with E-state index in [0.717, 1.165) is 28.8 Å². The minimum absolute atomic E-state index is 0.579. The van der Waals surface area contributed by atoms with Gasteiger partial charge in [0.25, 0.3) is 0 Å². The van der Waals surface area contributed by atoms with E-state index in [4.69, 9.17) is 5.73 Å². The van der Waals surface area contributed by atoms with E-state index in [1.54, 1.807) is 11.8 Å². The smallest absolute Gasteiger partial charge is 0.222 e. The fraction of sp³-hybridized carbons (Fsp3) is 0.846. The average Bonchev–Trinajstić information content (AvgIpc) is 2.70. The molecule has 2 N–H and O–H groups in total. The van der Waals surface area contributed by atoms with Crippen molar-refractivity contribution < 1.29 is 0 Å². The number of nitrogens with two attached hydrogens (primary N) is 1. The van der Waals surface area contributed by atoms with Gasteiger partial charge < -0.3 is 5.73 Å². The topological polar surface area (TPSA) is 56.7 Å². The summed E-state index contributed by atoms with van der Waals surface area (Å²) >= 11 is 1.67. The molecule has 0 atom stereocenters. The molecule has 0 spiro atoms. The number of rotatable bonds is 2. The van der Waals surface area contributed by atoms with Crippen LogP contribution < -0.4 is 5.73 Å². The Hall–Kier alpha value is -0.710. The molecule has 4 fully saturated rings. The molecule has 0 saturated heterocycles. The number of anilines is 1. The van der Waals surface area contributed by atoms with Gasteiger partial charge >= 0.3 is 0 Å². The van der Waals surface area contributed by atoms with Crippen molar-refractivity contribution in [2.75, 3.05) is 12.0 Å². The fourth-order valence-corrected chi connectivity index (χ4v) is 5.56. The second-order valence-corrected chi connectivity index (χ2v) is 7.11. The highest BCUT2D eigenvalue weighted by Crippen LogP contribution is 2.58. The molecule has 18 heavy (non-hydrogen) atoms. The van der Waals surface area contributed by atoms with Crippen molar-refractivity contribution in [3.8, 4) is 0 Å². The molecule has 4 aliphatic rings. The Kier molecular flexibility index (Phi) is 2.41. The minimum atomic E-state index is 0.579. The Bertz CT molecular complexity index is 442. The number of nitrogens with zero attached hydrogens (tertiary/aromatic N) is 3. The second kappa shape index (κ2) is 3.89. The highest BCUT2D eigenvalue weighted by atomic mass is 32.2. The molecule has 1 heterocycles. The highest BCUT2D eigenvalue weighted by Gasteiger charge is 2.49. The van der Waals surface area contributed by atoms with Crippen molar-refractivity contribution in [1.82, 2.24) is 14.8 Å². The Morgan fingerprint density at radius 2 is 1.67 bits per heavy atom. The monoisotopic (exact) mass is 264 g/mol. The Morgan fingerprint density at radius 3 is 2.22 bits per heavy atom. The summed E-state index contributed by atoms with van der Waals surface area (Å²) in [5, 5.41) is 9.31. The van der Waals surface area contributed by atoms with Gasteiger partial charge in [-0.3, -0.25) is 4.57 Å². The van der Waals surface area contributed by atoms with Crippen LogP contribution in [0.3, 0.4) is 0 Å². The lowest BCUT2D eigenvalue weighted by Crippen LogP contribution is -2.46. The Labute approximate surface area is 112 Å². The van der Waals surface area contributed by atoms with Crippen LogP contribution in [-0.2, 0) is 0 Å². The van der Waals surface area contributed by atoms with E-state index in [1.807, 2.05) is 0 Å². The summed E-state index contributed by atoms with van der Waals surface area (Å²) in [7, 11) is 0. The van der Waals surface area contributed by atoms with Crippen molar-refractivity contribution in [2.24, 2.45) is 23.7 Å². The first-order valence-corrected chi connectivity index (χ1v) is 8.23. The van der Waals surface area contributed by atoms with Crippen LogP contribution in [0.1, 0.15) is 38.1 Å². The van der Waals surface area contributed by atoms with E-state index in [2.05, 4.69) is 21.0 Å². The van der Waals surface area contributed by atoms with Crippen molar-refractivity contribution >= 4 is 17.7 Å². The molecule has 0 aliphatic heterocycles. The molecule has 4 nitrogen and oxygen atoms in total. The minimum Gasteiger partial charge on any atom is -0.368 e. The zero-order valence-corrected chi connectivity index (χ0v) is 11.6. The maximum atomic E-state index is 6.07. The highest BCUT2D eigenvalue weighted by molar-refractivity contribution is 7.98. The van der Waals surface area contributed by atoms with Gasteiger partial charge in [-0.2, -0.15) is 0 Å². The molecule has 4 aliphatic carbocycles. The zero-order chi connectivity index (χ0) is 12.3. The maximum Gasteiger partial charge on any atom is 0.222 e. The summed E-state index contributed by atoms with van der Waals surface area (Å²) in [5.41, 5.74) is 6.07. The largest absolute Gasteiger partial charge is 0.368 e. The van der Waals surface area contributed by atoms with Crippen LogP contribution in [0.2, 0.25) is 0 Å². The summed E-state index contributed by atoms with van der Waals surface area (Å²) < 4.78 is 2.25. The summed E-state index contributed by atoms with van der Waals surface area (Å²) in [5.74, 6) is 4.27. The number of hydrogen-bond donors (Lipinski definition) is 1. The Morgan fingerprint density at radius 1 is 1.06 bits per heavy atom. The Balaban J connectivity index is 1.74. The van der Waals surface area contributed by atoms with Crippen LogP contribution in [-0.4, -0.2) is 21.0 Å². The van der Waals surface area contributed by atoms with Gasteiger partial charge in [-0.05, 0) is 62.0 Å². The van der Waals surface area contributed by atoms with Crippen molar-refractivity contribution in [3.05, 3.63) is 0 Å². The van der Waals surface area contributed by atoms with Crippen LogP contribution in [0.4, 0.5) is 5.95 Å². The van der Waals surface area contributed by atoms with Gasteiger partial charge in [0.15, 0.2) is 5.16 Å². The van der Waals surface area contributed by atoms with Gasteiger partial charge in [0, 0.05) is 6.04 Å². The molecule has 98 valence electrons. The summed E-state index contributed by atoms with van der Waals surface area (Å²) in [6.45, 7) is 0. The number of hydrogen-bond acceptors (Lipinski definition) is 4. The van der Waals surface area contributed by atoms with Crippen molar-refractivity contribution in [3.63, 3.8) is 0 Å².